The fourth-order valence-corrected chi connectivity index (χ4v) is 2.32. The van der Waals surface area contributed by atoms with E-state index in [0.29, 0.717) is 24.5 Å². The SMILES string of the molecule is O[C@H]1CCN(Cc2coc(-c3cccc(F)c3)n2)C1. The molecule has 1 fully saturated rings. The van der Waals surface area contributed by atoms with Crippen LogP contribution in [-0.2, 0) is 6.54 Å². The Bertz CT molecular complexity index is 570. The minimum absolute atomic E-state index is 0.241. The number of hydrogen-bond acceptors (Lipinski definition) is 4. The number of likely N-dealkylation sites (tertiary alicyclic amines) is 1. The number of rotatable bonds is 3. The Morgan fingerprint density at radius 1 is 1.47 bits per heavy atom. The molecular formula is C14H15FN2O2. The predicted octanol–water partition coefficient (Wildman–Crippen LogP) is 2.05. The molecule has 0 saturated carbocycles. The first-order chi connectivity index (χ1) is 9.20. The molecule has 0 aliphatic carbocycles. The van der Waals surface area contributed by atoms with Gasteiger partial charge in [-0.25, -0.2) is 9.37 Å². The molecule has 3 rings (SSSR count). The summed E-state index contributed by atoms with van der Waals surface area (Å²) in [5.74, 6) is 0.120. The van der Waals surface area contributed by atoms with Gasteiger partial charge in [-0.05, 0) is 24.6 Å². The maximum absolute atomic E-state index is 13.1. The van der Waals surface area contributed by atoms with Crippen molar-refractivity contribution in [2.24, 2.45) is 0 Å². The molecule has 1 saturated heterocycles. The van der Waals surface area contributed by atoms with Gasteiger partial charge in [0.25, 0.3) is 0 Å². The molecule has 0 bridgehead atoms. The summed E-state index contributed by atoms with van der Waals surface area (Å²) in [6, 6.07) is 6.18. The Balaban J connectivity index is 1.73. The highest BCUT2D eigenvalue weighted by atomic mass is 19.1. The Kier molecular flexibility index (Phi) is 3.31. The number of nitrogens with zero attached hydrogens (tertiary/aromatic N) is 2. The van der Waals surface area contributed by atoms with Crippen molar-refractivity contribution in [1.82, 2.24) is 9.88 Å². The van der Waals surface area contributed by atoms with E-state index in [-0.39, 0.29) is 11.9 Å². The van der Waals surface area contributed by atoms with Gasteiger partial charge < -0.3 is 9.52 Å². The van der Waals surface area contributed by atoms with E-state index in [0.717, 1.165) is 18.7 Å². The summed E-state index contributed by atoms with van der Waals surface area (Å²) in [4.78, 5) is 6.48. The Labute approximate surface area is 110 Å². The fourth-order valence-electron chi connectivity index (χ4n) is 2.32. The minimum atomic E-state index is -0.306. The first-order valence-corrected chi connectivity index (χ1v) is 6.31. The van der Waals surface area contributed by atoms with Gasteiger partial charge >= 0.3 is 0 Å². The van der Waals surface area contributed by atoms with Crippen molar-refractivity contribution >= 4 is 0 Å². The van der Waals surface area contributed by atoms with E-state index in [9.17, 15) is 9.50 Å². The van der Waals surface area contributed by atoms with Gasteiger partial charge in [0.05, 0.1) is 11.8 Å². The maximum atomic E-state index is 13.1. The van der Waals surface area contributed by atoms with Crippen LogP contribution < -0.4 is 0 Å². The summed E-state index contributed by atoms with van der Waals surface area (Å²) in [5, 5.41) is 9.46. The van der Waals surface area contributed by atoms with Crippen molar-refractivity contribution < 1.29 is 13.9 Å². The van der Waals surface area contributed by atoms with Crippen LogP contribution in [0.4, 0.5) is 4.39 Å². The molecule has 5 heteroatoms. The average Bonchev–Trinajstić information content (AvgIpc) is 2.99. The van der Waals surface area contributed by atoms with Gasteiger partial charge in [0, 0.05) is 25.2 Å². The van der Waals surface area contributed by atoms with Gasteiger partial charge in [-0.2, -0.15) is 0 Å². The Morgan fingerprint density at radius 2 is 2.37 bits per heavy atom. The molecule has 1 aliphatic rings. The zero-order chi connectivity index (χ0) is 13.2. The van der Waals surface area contributed by atoms with Crippen LogP contribution in [0.2, 0.25) is 0 Å². The zero-order valence-corrected chi connectivity index (χ0v) is 10.4. The average molecular weight is 262 g/mol. The van der Waals surface area contributed by atoms with E-state index in [1.54, 1.807) is 18.4 Å². The van der Waals surface area contributed by atoms with Gasteiger partial charge in [-0.1, -0.05) is 6.07 Å². The number of aromatic nitrogens is 1. The van der Waals surface area contributed by atoms with Crippen molar-refractivity contribution in [1.29, 1.82) is 0 Å². The Morgan fingerprint density at radius 3 is 3.11 bits per heavy atom. The minimum Gasteiger partial charge on any atom is -0.444 e. The normalized spacial score (nSPS) is 20.0. The van der Waals surface area contributed by atoms with Crippen LogP contribution in [-0.4, -0.2) is 34.2 Å². The number of aliphatic hydroxyl groups excluding tert-OH is 1. The molecule has 1 aromatic carbocycles. The largest absolute Gasteiger partial charge is 0.444 e. The van der Waals surface area contributed by atoms with Gasteiger partial charge in [-0.15, -0.1) is 0 Å². The summed E-state index contributed by atoms with van der Waals surface area (Å²) >= 11 is 0. The van der Waals surface area contributed by atoms with Crippen LogP contribution in [0.25, 0.3) is 11.5 Å². The monoisotopic (exact) mass is 262 g/mol. The Hall–Kier alpha value is -1.72. The number of aliphatic hydroxyl groups is 1. The highest BCUT2D eigenvalue weighted by Crippen LogP contribution is 2.21. The molecule has 19 heavy (non-hydrogen) atoms. The second kappa shape index (κ2) is 5.11. The van der Waals surface area contributed by atoms with Crippen molar-refractivity contribution in [3.63, 3.8) is 0 Å². The lowest BCUT2D eigenvalue weighted by Crippen LogP contribution is -2.21. The van der Waals surface area contributed by atoms with Gasteiger partial charge in [0.15, 0.2) is 0 Å². The number of β-amino-alcohol motifs (C(OH)–C–C–N with tert-alkyl or cyclic N) is 1. The van der Waals surface area contributed by atoms with Crippen molar-refractivity contribution in [3.05, 3.63) is 42.0 Å². The first-order valence-electron chi connectivity index (χ1n) is 6.31. The molecule has 1 aliphatic heterocycles. The first kappa shape index (κ1) is 12.3. The molecule has 1 N–H and O–H groups in total. The second-order valence-corrected chi connectivity index (χ2v) is 4.83. The lowest BCUT2D eigenvalue weighted by Gasteiger charge is -2.11. The predicted molar refractivity (Wildman–Crippen MR) is 67.8 cm³/mol. The van der Waals surface area contributed by atoms with E-state index >= 15 is 0 Å². The lowest BCUT2D eigenvalue weighted by molar-refractivity contribution is 0.174. The third kappa shape index (κ3) is 2.83. The third-order valence-corrected chi connectivity index (χ3v) is 3.26. The quantitative estimate of drug-likeness (QED) is 0.919. The third-order valence-electron chi connectivity index (χ3n) is 3.26. The summed E-state index contributed by atoms with van der Waals surface area (Å²) in [6.45, 7) is 2.18. The highest BCUT2D eigenvalue weighted by Gasteiger charge is 2.21. The molecule has 100 valence electrons. The lowest BCUT2D eigenvalue weighted by atomic mass is 10.2. The molecule has 2 aromatic rings. The molecule has 2 heterocycles. The molecule has 1 atom stereocenters. The summed E-state index contributed by atoms with van der Waals surface area (Å²) in [5.41, 5.74) is 1.43. The van der Waals surface area contributed by atoms with Crippen LogP contribution in [0.1, 0.15) is 12.1 Å². The van der Waals surface area contributed by atoms with Crippen molar-refractivity contribution in [3.8, 4) is 11.5 Å². The molecule has 0 radical (unpaired) electrons. The van der Waals surface area contributed by atoms with Crippen molar-refractivity contribution in [2.75, 3.05) is 13.1 Å². The highest BCUT2D eigenvalue weighted by molar-refractivity contribution is 5.52. The number of hydrogen-bond donors (Lipinski definition) is 1. The van der Waals surface area contributed by atoms with Gasteiger partial charge in [-0.3, -0.25) is 4.90 Å². The molecule has 4 nitrogen and oxygen atoms in total. The van der Waals surface area contributed by atoms with Gasteiger partial charge in [0.1, 0.15) is 12.1 Å². The molecular weight excluding hydrogens is 247 g/mol. The fraction of sp³-hybridized carbons (Fsp3) is 0.357. The summed E-state index contributed by atoms with van der Waals surface area (Å²) in [7, 11) is 0. The van der Waals surface area contributed by atoms with E-state index in [1.165, 1.54) is 12.1 Å². The van der Waals surface area contributed by atoms with E-state index in [2.05, 4.69) is 9.88 Å². The van der Waals surface area contributed by atoms with E-state index < -0.39 is 0 Å². The maximum Gasteiger partial charge on any atom is 0.226 e. The number of benzene rings is 1. The second-order valence-electron chi connectivity index (χ2n) is 4.83. The summed E-state index contributed by atoms with van der Waals surface area (Å²) in [6.07, 6.45) is 2.15. The van der Waals surface area contributed by atoms with Gasteiger partial charge in [0.2, 0.25) is 5.89 Å². The molecule has 0 spiro atoms. The number of oxazole rings is 1. The number of halogens is 1. The van der Waals surface area contributed by atoms with Crippen molar-refractivity contribution in [2.45, 2.75) is 19.1 Å². The standard InChI is InChI=1S/C14H15FN2O2/c15-11-3-1-2-10(6-11)14-16-12(9-19-14)7-17-5-4-13(18)8-17/h1-3,6,9,13,18H,4-5,7-8H2/t13-/m0/s1. The van der Waals surface area contributed by atoms with Crippen LogP contribution in [0.15, 0.2) is 34.9 Å². The topological polar surface area (TPSA) is 49.5 Å². The molecule has 1 aromatic heterocycles. The van der Waals surface area contributed by atoms with E-state index in [1.807, 2.05) is 0 Å². The van der Waals surface area contributed by atoms with E-state index in [4.69, 9.17) is 4.42 Å². The molecule has 0 amide bonds. The zero-order valence-electron chi connectivity index (χ0n) is 10.4. The van der Waals surface area contributed by atoms with Crippen LogP contribution in [0.3, 0.4) is 0 Å². The van der Waals surface area contributed by atoms with Crippen LogP contribution in [0, 0.1) is 5.82 Å². The van der Waals surface area contributed by atoms with Crippen LogP contribution in [0.5, 0.6) is 0 Å². The smallest absolute Gasteiger partial charge is 0.226 e. The summed E-state index contributed by atoms with van der Waals surface area (Å²) < 4.78 is 18.5. The van der Waals surface area contributed by atoms with Crippen LogP contribution >= 0.6 is 0 Å². The molecule has 0 unspecified atom stereocenters.